The van der Waals surface area contributed by atoms with E-state index in [1.54, 1.807) is 0 Å². The summed E-state index contributed by atoms with van der Waals surface area (Å²) in [7, 11) is 0. The van der Waals surface area contributed by atoms with Gasteiger partial charge >= 0.3 is 0 Å². The molecule has 1 amide bonds. The van der Waals surface area contributed by atoms with Crippen LogP contribution in [-0.2, 0) is 4.79 Å². The molecule has 4 N–H and O–H groups in total. The first-order chi connectivity index (χ1) is 7.06. The van der Waals surface area contributed by atoms with Crippen LogP contribution in [0.1, 0.15) is 17.3 Å². The Kier molecular flexibility index (Phi) is 3.41. The summed E-state index contributed by atoms with van der Waals surface area (Å²) >= 11 is 0. The SMILES string of the molecule is CC(=O)Nc1c(O)cccc1C(=O)CN. The number of ketones is 1. The second kappa shape index (κ2) is 4.56. The van der Waals surface area contributed by atoms with Crippen LogP contribution in [0.3, 0.4) is 0 Å². The van der Waals surface area contributed by atoms with Crippen LogP contribution in [0.25, 0.3) is 0 Å². The third-order valence-electron chi connectivity index (χ3n) is 1.83. The van der Waals surface area contributed by atoms with Gasteiger partial charge in [0, 0.05) is 12.5 Å². The van der Waals surface area contributed by atoms with Crippen molar-refractivity contribution in [3.05, 3.63) is 23.8 Å². The van der Waals surface area contributed by atoms with Crippen molar-refractivity contribution in [1.82, 2.24) is 0 Å². The number of para-hydroxylation sites is 1. The minimum atomic E-state index is -0.359. The van der Waals surface area contributed by atoms with E-state index in [0.717, 1.165) is 0 Å². The number of aromatic hydroxyl groups is 1. The van der Waals surface area contributed by atoms with E-state index >= 15 is 0 Å². The lowest BCUT2D eigenvalue weighted by Gasteiger charge is -2.09. The van der Waals surface area contributed by atoms with Crippen LogP contribution in [-0.4, -0.2) is 23.3 Å². The van der Waals surface area contributed by atoms with Gasteiger partial charge in [-0.3, -0.25) is 9.59 Å². The minimum Gasteiger partial charge on any atom is -0.506 e. The van der Waals surface area contributed by atoms with E-state index < -0.39 is 0 Å². The van der Waals surface area contributed by atoms with Crippen LogP contribution >= 0.6 is 0 Å². The number of carbonyl (C=O) groups excluding carboxylic acids is 2. The number of Topliss-reactive ketones (excluding diaryl/α,β-unsaturated/α-hetero) is 1. The van der Waals surface area contributed by atoms with Gasteiger partial charge in [-0.2, -0.15) is 0 Å². The summed E-state index contributed by atoms with van der Waals surface area (Å²) in [6, 6.07) is 4.41. The zero-order valence-corrected chi connectivity index (χ0v) is 8.28. The summed E-state index contributed by atoms with van der Waals surface area (Å²) in [5.41, 5.74) is 5.54. The van der Waals surface area contributed by atoms with Gasteiger partial charge in [-0.25, -0.2) is 0 Å². The fourth-order valence-electron chi connectivity index (χ4n) is 1.19. The molecule has 0 radical (unpaired) electrons. The highest BCUT2D eigenvalue weighted by Gasteiger charge is 2.13. The molecule has 0 aromatic heterocycles. The second-order valence-corrected chi connectivity index (χ2v) is 3.01. The molecule has 15 heavy (non-hydrogen) atoms. The first-order valence-corrected chi connectivity index (χ1v) is 4.39. The van der Waals surface area contributed by atoms with E-state index in [0.29, 0.717) is 0 Å². The van der Waals surface area contributed by atoms with Gasteiger partial charge in [0.05, 0.1) is 12.2 Å². The van der Waals surface area contributed by atoms with E-state index in [1.807, 2.05) is 0 Å². The van der Waals surface area contributed by atoms with Crippen molar-refractivity contribution in [2.75, 3.05) is 11.9 Å². The van der Waals surface area contributed by atoms with Crippen molar-refractivity contribution in [3.63, 3.8) is 0 Å². The highest BCUT2D eigenvalue weighted by atomic mass is 16.3. The van der Waals surface area contributed by atoms with Crippen molar-refractivity contribution in [1.29, 1.82) is 0 Å². The number of nitrogens with one attached hydrogen (secondary N) is 1. The maximum Gasteiger partial charge on any atom is 0.221 e. The Morgan fingerprint density at radius 3 is 2.67 bits per heavy atom. The van der Waals surface area contributed by atoms with Crippen LogP contribution in [0.4, 0.5) is 5.69 Å². The van der Waals surface area contributed by atoms with E-state index in [-0.39, 0.29) is 35.2 Å². The van der Waals surface area contributed by atoms with Crippen molar-refractivity contribution in [2.45, 2.75) is 6.92 Å². The second-order valence-electron chi connectivity index (χ2n) is 3.01. The number of phenolic OH excluding ortho intramolecular Hbond substituents is 1. The first-order valence-electron chi connectivity index (χ1n) is 4.39. The van der Waals surface area contributed by atoms with Gasteiger partial charge in [-0.05, 0) is 12.1 Å². The van der Waals surface area contributed by atoms with Crippen molar-refractivity contribution < 1.29 is 14.7 Å². The van der Waals surface area contributed by atoms with E-state index in [2.05, 4.69) is 5.32 Å². The molecule has 0 aliphatic rings. The maximum atomic E-state index is 11.4. The van der Waals surface area contributed by atoms with E-state index in [1.165, 1.54) is 25.1 Å². The summed E-state index contributed by atoms with van der Waals surface area (Å²) in [5.74, 6) is -0.846. The Morgan fingerprint density at radius 2 is 2.13 bits per heavy atom. The number of hydrogen-bond donors (Lipinski definition) is 3. The highest BCUT2D eigenvalue weighted by Crippen LogP contribution is 2.27. The number of benzene rings is 1. The Labute approximate surface area is 86.9 Å². The quantitative estimate of drug-likeness (QED) is 0.498. The minimum absolute atomic E-state index is 0.112. The molecule has 0 atom stereocenters. The predicted molar refractivity (Wildman–Crippen MR) is 55.8 cm³/mol. The topological polar surface area (TPSA) is 92.4 Å². The van der Waals surface area contributed by atoms with Crippen LogP contribution in [0.5, 0.6) is 5.75 Å². The third kappa shape index (κ3) is 2.54. The van der Waals surface area contributed by atoms with Gasteiger partial charge in [0.2, 0.25) is 5.91 Å². The van der Waals surface area contributed by atoms with Gasteiger partial charge < -0.3 is 16.2 Å². The summed E-state index contributed by atoms with van der Waals surface area (Å²) < 4.78 is 0. The number of carbonyl (C=O) groups is 2. The maximum absolute atomic E-state index is 11.4. The number of nitrogens with two attached hydrogens (primary N) is 1. The number of hydrogen-bond acceptors (Lipinski definition) is 4. The molecular weight excluding hydrogens is 196 g/mol. The Morgan fingerprint density at radius 1 is 1.47 bits per heavy atom. The average Bonchev–Trinajstić information content (AvgIpc) is 2.19. The highest BCUT2D eigenvalue weighted by molar-refractivity contribution is 6.06. The lowest BCUT2D eigenvalue weighted by atomic mass is 10.1. The van der Waals surface area contributed by atoms with Gasteiger partial charge in [0.15, 0.2) is 5.78 Å². The summed E-state index contributed by atoms with van der Waals surface area (Å²) in [6.45, 7) is 1.12. The molecule has 0 heterocycles. The molecule has 0 fully saturated rings. The average molecular weight is 208 g/mol. The predicted octanol–water partition coefficient (Wildman–Crippen LogP) is 0.492. The van der Waals surface area contributed by atoms with E-state index in [4.69, 9.17) is 5.73 Å². The normalized spacial score (nSPS) is 9.73. The number of amides is 1. The lowest BCUT2D eigenvalue weighted by Crippen LogP contribution is -2.17. The number of anilines is 1. The molecule has 0 unspecified atom stereocenters. The molecule has 5 heteroatoms. The van der Waals surface area contributed by atoms with Crippen molar-refractivity contribution in [3.8, 4) is 5.75 Å². The zero-order valence-electron chi connectivity index (χ0n) is 8.28. The van der Waals surface area contributed by atoms with Crippen LogP contribution in [0, 0.1) is 0 Å². The molecule has 5 nitrogen and oxygen atoms in total. The third-order valence-corrected chi connectivity index (χ3v) is 1.83. The monoisotopic (exact) mass is 208 g/mol. The number of phenols is 1. The van der Waals surface area contributed by atoms with Crippen LogP contribution in [0.15, 0.2) is 18.2 Å². The molecule has 0 saturated carbocycles. The van der Waals surface area contributed by atoms with Crippen molar-refractivity contribution >= 4 is 17.4 Å². The molecule has 0 aliphatic heterocycles. The van der Waals surface area contributed by atoms with Gasteiger partial charge in [0.1, 0.15) is 5.75 Å². The standard InChI is InChI=1S/C10H12N2O3/c1-6(13)12-10-7(9(15)5-11)3-2-4-8(10)14/h2-4,14H,5,11H2,1H3,(H,12,13). The molecular formula is C10H12N2O3. The van der Waals surface area contributed by atoms with Crippen LogP contribution < -0.4 is 11.1 Å². The number of rotatable bonds is 3. The Balaban J connectivity index is 3.19. The van der Waals surface area contributed by atoms with Gasteiger partial charge in [-0.15, -0.1) is 0 Å². The molecule has 1 aromatic carbocycles. The Bertz CT molecular complexity index is 402. The van der Waals surface area contributed by atoms with E-state index in [9.17, 15) is 14.7 Å². The molecule has 1 aromatic rings. The smallest absolute Gasteiger partial charge is 0.221 e. The molecule has 80 valence electrons. The summed E-state index contributed by atoms with van der Waals surface area (Å²) in [5, 5.41) is 11.9. The van der Waals surface area contributed by atoms with Gasteiger partial charge in [-0.1, -0.05) is 6.07 Å². The zero-order chi connectivity index (χ0) is 11.4. The van der Waals surface area contributed by atoms with Crippen LogP contribution in [0.2, 0.25) is 0 Å². The largest absolute Gasteiger partial charge is 0.506 e. The molecule has 0 bridgehead atoms. The van der Waals surface area contributed by atoms with Gasteiger partial charge in [0.25, 0.3) is 0 Å². The first kappa shape index (κ1) is 11.2. The molecule has 0 aliphatic carbocycles. The Hall–Kier alpha value is -1.88. The molecule has 0 spiro atoms. The van der Waals surface area contributed by atoms with Crippen molar-refractivity contribution in [2.24, 2.45) is 5.73 Å². The fraction of sp³-hybridized carbons (Fsp3) is 0.200. The lowest BCUT2D eigenvalue weighted by molar-refractivity contribution is -0.114. The summed E-state index contributed by atoms with van der Waals surface area (Å²) in [4.78, 5) is 22.2. The fourth-order valence-corrected chi connectivity index (χ4v) is 1.19. The molecule has 0 saturated heterocycles. The molecule has 1 rings (SSSR count). The summed E-state index contributed by atoms with van der Waals surface area (Å²) in [6.07, 6.45) is 0.